The van der Waals surface area contributed by atoms with E-state index < -0.39 is 0 Å². The maximum atomic E-state index is 12.5. The third-order valence-electron chi connectivity index (χ3n) is 3.50. The Morgan fingerprint density at radius 1 is 1.25 bits per heavy atom. The van der Waals surface area contributed by atoms with Gasteiger partial charge in [0.25, 0.3) is 5.91 Å². The van der Waals surface area contributed by atoms with Gasteiger partial charge in [0.1, 0.15) is 5.69 Å². The second kappa shape index (κ2) is 7.22. The molecule has 0 bridgehead atoms. The van der Waals surface area contributed by atoms with Gasteiger partial charge in [-0.1, -0.05) is 19.8 Å². The SMILES string of the molecule is CCCNc1nc(C)cc(C(=O)N2CCCCCC2)n1. The van der Waals surface area contributed by atoms with Crippen LogP contribution < -0.4 is 5.32 Å². The van der Waals surface area contributed by atoms with Crippen molar-refractivity contribution in [3.8, 4) is 0 Å². The van der Waals surface area contributed by atoms with Gasteiger partial charge in [0.2, 0.25) is 5.95 Å². The summed E-state index contributed by atoms with van der Waals surface area (Å²) in [6.07, 6.45) is 5.63. The summed E-state index contributed by atoms with van der Waals surface area (Å²) in [6.45, 7) is 6.50. The minimum atomic E-state index is 0.0388. The molecule has 0 atom stereocenters. The summed E-state index contributed by atoms with van der Waals surface area (Å²) < 4.78 is 0. The Morgan fingerprint density at radius 3 is 2.60 bits per heavy atom. The van der Waals surface area contributed by atoms with Gasteiger partial charge < -0.3 is 10.2 Å². The molecule has 1 aromatic rings. The van der Waals surface area contributed by atoms with Crippen LogP contribution in [0.4, 0.5) is 5.95 Å². The summed E-state index contributed by atoms with van der Waals surface area (Å²) >= 11 is 0. The van der Waals surface area contributed by atoms with E-state index in [0.717, 1.165) is 44.6 Å². The van der Waals surface area contributed by atoms with Crippen LogP contribution >= 0.6 is 0 Å². The van der Waals surface area contributed by atoms with Crippen LogP contribution in [0.1, 0.15) is 55.2 Å². The third-order valence-corrected chi connectivity index (χ3v) is 3.50. The highest BCUT2D eigenvalue weighted by molar-refractivity contribution is 5.92. The Bertz CT molecular complexity index is 453. The van der Waals surface area contributed by atoms with E-state index >= 15 is 0 Å². The molecule has 1 N–H and O–H groups in total. The number of carbonyl (C=O) groups excluding carboxylic acids is 1. The number of aryl methyl sites for hydroxylation is 1. The van der Waals surface area contributed by atoms with E-state index in [4.69, 9.17) is 0 Å². The Hall–Kier alpha value is -1.65. The smallest absolute Gasteiger partial charge is 0.272 e. The first-order valence-corrected chi connectivity index (χ1v) is 7.59. The van der Waals surface area contributed by atoms with Gasteiger partial charge in [-0.15, -0.1) is 0 Å². The number of likely N-dealkylation sites (tertiary alicyclic amines) is 1. The van der Waals surface area contributed by atoms with Gasteiger partial charge in [-0.25, -0.2) is 9.97 Å². The van der Waals surface area contributed by atoms with Crippen LogP contribution in [-0.4, -0.2) is 40.4 Å². The molecule has 0 saturated carbocycles. The first-order valence-electron chi connectivity index (χ1n) is 7.59. The summed E-state index contributed by atoms with van der Waals surface area (Å²) in [7, 11) is 0. The second-order valence-electron chi connectivity index (χ2n) is 5.35. The fourth-order valence-electron chi connectivity index (χ4n) is 2.43. The molecule has 0 aliphatic carbocycles. The van der Waals surface area contributed by atoms with Gasteiger partial charge in [0, 0.05) is 25.3 Å². The third kappa shape index (κ3) is 3.92. The lowest BCUT2D eigenvalue weighted by atomic mass is 10.2. The molecule has 2 heterocycles. The second-order valence-corrected chi connectivity index (χ2v) is 5.35. The molecule has 1 aliphatic rings. The average molecular weight is 276 g/mol. The fourth-order valence-corrected chi connectivity index (χ4v) is 2.43. The number of carbonyl (C=O) groups is 1. The van der Waals surface area contributed by atoms with Crippen LogP contribution in [0.5, 0.6) is 0 Å². The zero-order valence-electron chi connectivity index (χ0n) is 12.5. The van der Waals surface area contributed by atoms with Crippen LogP contribution in [-0.2, 0) is 0 Å². The molecule has 1 fully saturated rings. The molecule has 5 heteroatoms. The van der Waals surface area contributed by atoms with E-state index in [9.17, 15) is 4.79 Å². The zero-order chi connectivity index (χ0) is 14.4. The van der Waals surface area contributed by atoms with Crippen molar-refractivity contribution in [2.45, 2.75) is 46.0 Å². The molecule has 0 aromatic carbocycles. The number of rotatable bonds is 4. The number of nitrogens with one attached hydrogen (secondary N) is 1. The van der Waals surface area contributed by atoms with Gasteiger partial charge in [-0.2, -0.15) is 0 Å². The van der Waals surface area contributed by atoms with Crippen LogP contribution in [0.25, 0.3) is 0 Å². The Balaban J connectivity index is 2.13. The molecule has 1 amide bonds. The molecule has 5 nitrogen and oxygen atoms in total. The maximum Gasteiger partial charge on any atom is 0.272 e. The van der Waals surface area contributed by atoms with Crippen molar-refractivity contribution >= 4 is 11.9 Å². The highest BCUT2D eigenvalue weighted by Crippen LogP contribution is 2.14. The highest BCUT2D eigenvalue weighted by Gasteiger charge is 2.19. The Morgan fingerprint density at radius 2 is 1.95 bits per heavy atom. The molecule has 2 rings (SSSR count). The predicted molar refractivity (Wildman–Crippen MR) is 79.9 cm³/mol. The summed E-state index contributed by atoms with van der Waals surface area (Å²) in [4.78, 5) is 23.2. The van der Waals surface area contributed by atoms with Crippen molar-refractivity contribution in [2.24, 2.45) is 0 Å². The van der Waals surface area contributed by atoms with Crippen molar-refractivity contribution in [1.82, 2.24) is 14.9 Å². The minimum Gasteiger partial charge on any atom is -0.354 e. The first kappa shape index (κ1) is 14.8. The number of amides is 1. The lowest BCUT2D eigenvalue weighted by Crippen LogP contribution is -2.32. The maximum absolute atomic E-state index is 12.5. The van der Waals surface area contributed by atoms with Crippen molar-refractivity contribution in [1.29, 1.82) is 0 Å². The van der Waals surface area contributed by atoms with Crippen molar-refractivity contribution in [3.05, 3.63) is 17.5 Å². The van der Waals surface area contributed by atoms with Gasteiger partial charge in [-0.3, -0.25) is 4.79 Å². The van der Waals surface area contributed by atoms with Crippen molar-refractivity contribution in [2.75, 3.05) is 25.0 Å². The van der Waals surface area contributed by atoms with Crippen LogP contribution in [0, 0.1) is 6.92 Å². The topological polar surface area (TPSA) is 58.1 Å². The Kier molecular flexibility index (Phi) is 5.32. The molecule has 1 aliphatic heterocycles. The van der Waals surface area contributed by atoms with Crippen LogP contribution in [0.15, 0.2) is 6.07 Å². The van der Waals surface area contributed by atoms with E-state index in [0.29, 0.717) is 11.6 Å². The highest BCUT2D eigenvalue weighted by atomic mass is 16.2. The van der Waals surface area contributed by atoms with Gasteiger partial charge in [-0.05, 0) is 32.3 Å². The van der Waals surface area contributed by atoms with E-state index in [1.165, 1.54) is 12.8 Å². The molecule has 1 saturated heterocycles. The minimum absolute atomic E-state index is 0.0388. The molecule has 0 radical (unpaired) electrons. The van der Waals surface area contributed by atoms with E-state index in [1.807, 2.05) is 11.8 Å². The molecule has 110 valence electrons. The zero-order valence-corrected chi connectivity index (χ0v) is 12.5. The molecule has 0 unspecified atom stereocenters. The summed E-state index contributed by atoms with van der Waals surface area (Å²) in [5.41, 5.74) is 1.34. The van der Waals surface area contributed by atoms with Crippen molar-refractivity contribution in [3.63, 3.8) is 0 Å². The lowest BCUT2D eigenvalue weighted by Gasteiger charge is -2.20. The van der Waals surface area contributed by atoms with Gasteiger partial charge >= 0.3 is 0 Å². The Labute approximate surface area is 120 Å². The number of hydrogen-bond acceptors (Lipinski definition) is 4. The number of anilines is 1. The van der Waals surface area contributed by atoms with Crippen LogP contribution in [0.2, 0.25) is 0 Å². The van der Waals surface area contributed by atoms with Gasteiger partial charge in [0.05, 0.1) is 0 Å². The molecular formula is C15H24N4O. The molecule has 20 heavy (non-hydrogen) atoms. The van der Waals surface area contributed by atoms with Crippen LogP contribution in [0.3, 0.4) is 0 Å². The predicted octanol–water partition coefficient (Wildman–Crippen LogP) is 2.62. The summed E-state index contributed by atoms with van der Waals surface area (Å²) in [6, 6.07) is 1.78. The first-order chi connectivity index (χ1) is 9.70. The lowest BCUT2D eigenvalue weighted by molar-refractivity contribution is 0.0755. The number of nitrogens with zero attached hydrogens (tertiary/aromatic N) is 3. The molecule has 0 spiro atoms. The average Bonchev–Trinajstić information content (AvgIpc) is 2.72. The number of hydrogen-bond donors (Lipinski definition) is 1. The molecule has 1 aromatic heterocycles. The van der Waals surface area contributed by atoms with E-state index in [2.05, 4.69) is 22.2 Å². The van der Waals surface area contributed by atoms with E-state index in [-0.39, 0.29) is 5.91 Å². The largest absolute Gasteiger partial charge is 0.354 e. The fraction of sp³-hybridized carbons (Fsp3) is 0.667. The standard InChI is InChI=1S/C15H24N4O/c1-3-8-16-15-17-12(2)11-13(18-15)14(20)19-9-6-4-5-7-10-19/h11H,3-10H2,1-2H3,(H,16,17,18). The number of aromatic nitrogens is 2. The van der Waals surface area contributed by atoms with Crippen molar-refractivity contribution < 1.29 is 4.79 Å². The normalized spacial score (nSPS) is 15.8. The summed E-state index contributed by atoms with van der Waals surface area (Å²) in [5, 5.41) is 3.15. The van der Waals surface area contributed by atoms with Gasteiger partial charge in [0.15, 0.2) is 0 Å². The van der Waals surface area contributed by atoms with E-state index in [1.54, 1.807) is 6.07 Å². The monoisotopic (exact) mass is 276 g/mol. The quantitative estimate of drug-likeness (QED) is 0.918. The molecular weight excluding hydrogens is 252 g/mol. The summed E-state index contributed by atoms with van der Waals surface area (Å²) in [5.74, 6) is 0.599.